The zero-order valence-corrected chi connectivity index (χ0v) is 15.8. The molecule has 0 aliphatic heterocycles. The molecule has 6 heteroatoms. The van der Waals surface area contributed by atoms with Crippen molar-refractivity contribution in [2.45, 2.75) is 11.5 Å². The van der Waals surface area contributed by atoms with E-state index in [0.717, 1.165) is 17.3 Å². The summed E-state index contributed by atoms with van der Waals surface area (Å²) in [5, 5.41) is 2.89. The lowest BCUT2D eigenvalue weighted by Crippen LogP contribution is -2.27. The van der Waals surface area contributed by atoms with Crippen molar-refractivity contribution in [3.63, 3.8) is 0 Å². The van der Waals surface area contributed by atoms with Crippen LogP contribution in [0.3, 0.4) is 0 Å². The molecule has 1 N–H and O–H groups in total. The van der Waals surface area contributed by atoms with E-state index in [0.29, 0.717) is 23.6 Å². The van der Waals surface area contributed by atoms with Crippen molar-refractivity contribution in [2.75, 3.05) is 25.2 Å². The minimum atomic E-state index is -0.172. The van der Waals surface area contributed by atoms with Crippen molar-refractivity contribution in [2.24, 2.45) is 0 Å². The molecule has 0 saturated heterocycles. The molecule has 0 aliphatic carbocycles. The van der Waals surface area contributed by atoms with Crippen LogP contribution in [-0.2, 0) is 16.3 Å². The summed E-state index contributed by atoms with van der Waals surface area (Å²) in [5.74, 6) is 3.31. The first-order valence-electron chi connectivity index (χ1n) is 7.97. The van der Waals surface area contributed by atoms with E-state index < -0.39 is 0 Å². The molecular weight excluding hydrogens is 357 g/mol. The lowest BCUT2D eigenvalue weighted by atomic mass is 10.2. The first kappa shape index (κ1) is 19.7. The SMILES string of the molecule is COc1ccc(CSCC(=O)NCCSCc2ccccc2F)cc1. The van der Waals surface area contributed by atoms with E-state index in [1.807, 2.05) is 30.3 Å². The Morgan fingerprint density at radius 1 is 1.08 bits per heavy atom. The fourth-order valence-corrected chi connectivity index (χ4v) is 3.76. The third-order valence-electron chi connectivity index (χ3n) is 3.44. The van der Waals surface area contributed by atoms with Crippen molar-refractivity contribution >= 4 is 29.4 Å². The van der Waals surface area contributed by atoms with E-state index in [1.54, 1.807) is 42.8 Å². The monoisotopic (exact) mass is 379 g/mol. The number of methoxy groups -OCH3 is 1. The molecule has 0 unspecified atom stereocenters. The highest BCUT2D eigenvalue weighted by Crippen LogP contribution is 2.17. The number of benzene rings is 2. The number of nitrogens with one attached hydrogen (secondary N) is 1. The van der Waals surface area contributed by atoms with Crippen LogP contribution in [0.15, 0.2) is 48.5 Å². The van der Waals surface area contributed by atoms with Crippen molar-refractivity contribution in [1.29, 1.82) is 0 Å². The van der Waals surface area contributed by atoms with Gasteiger partial charge in [-0.05, 0) is 29.3 Å². The molecule has 134 valence electrons. The summed E-state index contributed by atoms with van der Waals surface area (Å²) in [6.07, 6.45) is 0. The first-order chi connectivity index (χ1) is 12.2. The summed E-state index contributed by atoms with van der Waals surface area (Å²) in [7, 11) is 1.64. The number of amides is 1. The Labute approximate surface area is 156 Å². The van der Waals surface area contributed by atoms with Gasteiger partial charge in [0.15, 0.2) is 0 Å². The van der Waals surface area contributed by atoms with Crippen LogP contribution in [-0.4, -0.2) is 31.1 Å². The fraction of sp³-hybridized carbons (Fsp3) is 0.316. The maximum Gasteiger partial charge on any atom is 0.230 e. The van der Waals surface area contributed by atoms with Crippen LogP contribution in [0.1, 0.15) is 11.1 Å². The summed E-state index contributed by atoms with van der Waals surface area (Å²) in [5.41, 5.74) is 1.87. The number of ether oxygens (including phenoxy) is 1. The van der Waals surface area contributed by atoms with Gasteiger partial charge in [0.25, 0.3) is 0 Å². The quantitative estimate of drug-likeness (QED) is 0.630. The standard InChI is InChI=1S/C19H22FNO2S2/c1-23-17-8-6-15(7-9-17)12-25-14-19(22)21-10-11-24-13-16-4-2-3-5-18(16)20/h2-9H,10-14H2,1H3,(H,21,22). The second kappa shape index (κ2) is 11.1. The molecule has 3 nitrogen and oxygen atoms in total. The Hall–Kier alpha value is -1.66. The van der Waals surface area contributed by atoms with E-state index in [4.69, 9.17) is 4.74 Å². The fourth-order valence-electron chi connectivity index (χ4n) is 2.09. The normalized spacial score (nSPS) is 10.5. The van der Waals surface area contributed by atoms with Crippen molar-refractivity contribution in [3.05, 3.63) is 65.5 Å². The van der Waals surface area contributed by atoms with Crippen LogP contribution in [0.25, 0.3) is 0 Å². The molecule has 0 saturated carbocycles. The highest BCUT2D eigenvalue weighted by Gasteiger charge is 2.03. The van der Waals surface area contributed by atoms with Gasteiger partial charge in [0.1, 0.15) is 11.6 Å². The van der Waals surface area contributed by atoms with Crippen molar-refractivity contribution in [1.82, 2.24) is 5.32 Å². The predicted molar refractivity (Wildman–Crippen MR) is 105 cm³/mol. The minimum Gasteiger partial charge on any atom is -0.497 e. The molecule has 0 aliphatic rings. The molecule has 0 bridgehead atoms. The number of hydrogen-bond donors (Lipinski definition) is 1. The highest BCUT2D eigenvalue weighted by atomic mass is 32.2. The maximum atomic E-state index is 13.5. The second-order valence-electron chi connectivity index (χ2n) is 5.33. The minimum absolute atomic E-state index is 0.0324. The number of carbonyl (C=O) groups is 1. The summed E-state index contributed by atoms with van der Waals surface area (Å²) < 4.78 is 18.6. The predicted octanol–water partition coefficient (Wildman–Crippen LogP) is 4.12. The summed E-state index contributed by atoms with van der Waals surface area (Å²) in [6, 6.07) is 14.6. The summed E-state index contributed by atoms with van der Waals surface area (Å²) in [4.78, 5) is 11.8. The van der Waals surface area contributed by atoms with Crippen LogP contribution in [0, 0.1) is 5.82 Å². The van der Waals surface area contributed by atoms with Gasteiger partial charge < -0.3 is 10.1 Å². The van der Waals surface area contributed by atoms with Crippen molar-refractivity contribution < 1.29 is 13.9 Å². The molecule has 2 rings (SSSR count). The zero-order chi connectivity index (χ0) is 17.9. The molecule has 0 heterocycles. The molecular formula is C19H22FNO2S2. The van der Waals surface area contributed by atoms with E-state index in [-0.39, 0.29) is 11.7 Å². The number of halogens is 1. The van der Waals surface area contributed by atoms with Crippen LogP contribution < -0.4 is 10.1 Å². The zero-order valence-electron chi connectivity index (χ0n) is 14.2. The van der Waals surface area contributed by atoms with Crippen LogP contribution in [0.2, 0.25) is 0 Å². The third kappa shape index (κ3) is 7.40. The van der Waals surface area contributed by atoms with Crippen molar-refractivity contribution in [3.8, 4) is 5.75 Å². The number of carbonyl (C=O) groups excluding carboxylic acids is 1. The van der Waals surface area contributed by atoms with E-state index in [2.05, 4.69) is 5.32 Å². The van der Waals surface area contributed by atoms with Gasteiger partial charge in [-0.2, -0.15) is 11.8 Å². The van der Waals surface area contributed by atoms with Gasteiger partial charge in [-0.15, -0.1) is 11.8 Å². The first-order valence-corrected chi connectivity index (χ1v) is 10.3. The van der Waals surface area contributed by atoms with E-state index >= 15 is 0 Å². The molecule has 0 atom stereocenters. The lowest BCUT2D eigenvalue weighted by Gasteiger charge is -2.06. The number of thioether (sulfide) groups is 2. The van der Waals surface area contributed by atoms with Gasteiger partial charge in [0.05, 0.1) is 12.9 Å². The molecule has 0 spiro atoms. The third-order valence-corrected chi connectivity index (χ3v) is 5.46. The van der Waals surface area contributed by atoms with Gasteiger partial charge >= 0.3 is 0 Å². The lowest BCUT2D eigenvalue weighted by molar-refractivity contribution is -0.118. The average Bonchev–Trinajstić information content (AvgIpc) is 2.63. The Kier molecular flexibility index (Phi) is 8.69. The smallest absolute Gasteiger partial charge is 0.230 e. The summed E-state index contributed by atoms with van der Waals surface area (Å²) >= 11 is 3.19. The second-order valence-corrected chi connectivity index (χ2v) is 7.43. The summed E-state index contributed by atoms with van der Waals surface area (Å²) in [6.45, 7) is 0.598. The molecule has 2 aromatic rings. The Morgan fingerprint density at radius 3 is 2.56 bits per heavy atom. The molecule has 1 amide bonds. The van der Waals surface area contributed by atoms with Gasteiger partial charge in [0, 0.05) is 23.8 Å². The Balaban J connectivity index is 1.54. The Bertz CT molecular complexity index is 665. The van der Waals surface area contributed by atoms with Crippen LogP contribution in [0.5, 0.6) is 5.75 Å². The van der Waals surface area contributed by atoms with Gasteiger partial charge in [0.2, 0.25) is 5.91 Å². The topological polar surface area (TPSA) is 38.3 Å². The van der Waals surface area contributed by atoms with Gasteiger partial charge in [-0.25, -0.2) is 4.39 Å². The maximum absolute atomic E-state index is 13.5. The molecule has 0 fully saturated rings. The van der Waals surface area contributed by atoms with Crippen LogP contribution in [0.4, 0.5) is 4.39 Å². The van der Waals surface area contributed by atoms with E-state index in [9.17, 15) is 9.18 Å². The largest absolute Gasteiger partial charge is 0.497 e. The molecule has 0 radical (unpaired) electrons. The number of hydrogen-bond acceptors (Lipinski definition) is 4. The molecule has 0 aromatic heterocycles. The number of rotatable bonds is 10. The Morgan fingerprint density at radius 2 is 1.84 bits per heavy atom. The molecule has 2 aromatic carbocycles. The van der Waals surface area contributed by atoms with Gasteiger partial charge in [-0.1, -0.05) is 30.3 Å². The molecule has 25 heavy (non-hydrogen) atoms. The van der Waals surface area contributed by atoms with Crippen LogP contribution >= 0.6 is 23.5 Å². The highest BCUT2D eigenvalue weighted by molar-refractivity contribution is 7.99. The van der Waals surface area contributed by atoms with Gasteiger partial charge in [-0.3, -0.25) is 4.79 Å². The van der Waals surface area contributed by atoms with E-state index in [1.165, 1.54) is 11.6 Å². The average molecular weight is 380 g/mol.